The average molecular weight is 464 g/mol. The Hall–Kier alpha value is -2.71. The molecule has 0 atom stereocenters. The van der Waals surface area contributed by atoms with Crippen LogP contribution in [0.2, 0.25) is 0 Å². The first-order valence-corrected chi connectivity index (χ1v) is 12.5. The number of fused-ring (bicyclic) bond motifs is 3. The normalized spacial score (nSPS) is 17.4. The number of hydrogen-bond donors (Lipinski definition) is 0. The number of benzene rings is 1. The molecule has 1 saturated heterocycles. The summed E-state index contributed by atoms with van der Waals surface area (Å²) in [5.74, 6) is 2.66. The van der Waals surface area contributed by atoms with Crippen molar-refractivity contribution in [3.63, 3.8) is 0 Å². The standard InChI is InChI=1S/C26H37N7O/c1-19(2)33-25(27-18-28-33)22-17-31-14-15-34-23-7-6-20(16-21(23)24(31)29-22)8-9-30-10-12-32(13-11-30)26(3,4)5/h6-7,16-19H,8-15H2,1-5H3. The summed E-state index contributed by atoms with van der Waals surface area (Å²) in [6, 6.07) is 6.82. The summed E-state index contributed by atoms with van der Waals surface area (Å²) in [5.41, 5.74) is 3.50. The molecule has 0 bridgehead atoms. The van der Waals surface area contributed by atoms with E-state index < -0.39 is 0 Å². The van der Waals surface area contributed by atoms with Gasteiger partial charge in [0.1, 0.15) is 30.2 Å². The number of hydrogen-bond acceptors (Lipinski definition) is 6. The van der Waals surface area contributed by atoms with Crippen molar-refractivity contribution in [1.29, 1.82) is 0 Å². The van der Waals surface area contributed by atoms with Crippen LogP contribution in [0.15, 0.2) is 30.7 Å². The molecule has 0 N–H and O–H groups in total. The lowest BCUT2D eigenvalue weighted by Crippen LogP contribution is -2.53. The minimum absolute atomic E-state index is 0.228. The summed E-state index contributed by atoms with van der Waals surface area (Å²) in [7, 11) is 0. The molecule has 0 saturated carbocycles. The van der Waals surface area contributed by atoms with E-state index in [2.05, 4.69) is 83.5 Å². The highest BCUT2D eigenvalue weighted by Gasteiger charge is 2.26. The molecule has 4 heterocycles. The van der Waals surface area contributed by atoms with Crippen LogP contribution >= 0.6 is 0 Å². The Morgan fingerprint density at radius 2 is 1.82 bits per heavy atom. The minimum Gasteiger partial charge on any atom is -0.491 e. The second-order valence-corrected chi connectivity index (χ2v) is 10.7. The maximum Gasteiger partial charge on any atom is 0.178 e. The molecule has 8 nitrogen and oxygen atoms in total. The molecular weight excluding hydrogens is 426 g/mol. The monoisotopic (exact) mass is 463 g/mol. The lowest BCUT2D eigenvalue weighted by molar-refractivity contribution is 0.0629. The predicted octanol–water partition coefficient (Wildman–Crippen LogP) is 3.74. The number of aromatic nitrogens is 5. The van der Waals surface area contributed by atoms with E-state index in [0.717, 1.165) is 74.3 Å². The SMILES string of the molecule is CC(C)n1ncnc1-c1cn2c(n1)-c1cc(CCN3CCN(C(C)(C)C)CC3)ccc1OCC2. The van der Waals surface area contributed by atoms with Crippen LogP contribution in [0.1, 0.15) is 46.2 Å². The van der Waals surface area contributed by atoms with Gasteiger partial charge in [-0.25, -0.2) is 14.6 Å². The van der Waals surface area contributed by atoms with Crippen molar-refractivity contribution < 1.29 is 4.74 Å². The molecule has 34 heavy (non-hydrogen) atoms. The maximum atomic E-state index is 6.06. The van der Waals surface area contributed by atoms with Crippen molar-refractivity contribution in [3.8, 4) is 28.7 Å². The summed E-state index contributed by atoms with van der Waals surface area (Å²) in [6.07, 6.45) is 4.71. The van der Waals surface area contributed by atoms with Crippen molar-refractivity contribution >= 4 is 0 Å². The van der Waals surface area contributed by atoms with Gasteiger partial charge in [0.15, 0.2) is 5.82 Å². The van der Waals surface area contributed by atoms with Crippen molar-refractivity contribution in [1.82, 2.24) is 34.1 Å². The maximum absolute atomic E-state index is 6.06. The fraction of sp³-hybridized carbons (Fsp3) is 0.577. The number of rotatable bonds is 5. The molecule has 0 spiro atoms. The Bertz CT molecular complexity index is 1130. The minimum atomic E-state index is 0.228. The molecule has 182 valence electrons. The highest BCUT2D eigenvalue weighted by Crippen LogP contribution is 2.34. The van der Waals surface area contributed by atoms with Gasteiger partial charge in [-0.05, 0) is 58.7 Å². The molecule has 3 aromatic rings. The fourth-order valence-corrected chi connectivity index (χ4v) is 4.94. The molecule has 0 unspecified atom stereocenters. The Labute approximate surface area is 202 Å². The van der Waals surface area contributed by atoms with Crippen molar-refractivity contribution in [2.45, 2.75) is 59.2 Å². The third-order valence-electron chi connectivity index (χ3n) is 6.98. The van der Waals surface area contributed by atoms with E-state index >= 15 is 0 Å². The van der Waals surface area contributed by atoms with Crippen LogP contribution in [0.5, 0.6) is 5.75 Å². The van der Waals surface area contributed by atoms with E-state index in [1.54, 1.807) is 6.33 Å². The van der Waals surface area contributed by atoms with Gasteiger partial charge >= 0.3 is 0 Å². The Balaban J connectivity index is 1.34. The van der Waals surface area contributed by atoms with Crippen LogP contribution in [-0.4, -0.2) is 79.0 Å². The second-order valence-electron chi connectivity index (χ2n) is 10.7. The van der Waals surface area contributed by atoms with E-state index in [-0.39, 0.29) is 11.6 Å². The van der Waals surface area contributed by atoms with Crippen LogP contribution in [0, 0.1) is 0 Å². The number of ether oxygens (including phenoxy) is 1. The van der Waals surface area contributed by atoms with Crippen LogP contribution in [0.4, 0.5) is 0 Å². The third-order valence-corrected chi connectivity index (χ3v) is 6.98. The lowest BCUT2D eigenvalue weighted by atomic mass is 10.0. The van der Waals surface area contributed by atoms with Crippen LogP contribution in [0.25, 0.3) is 22.9 Å². The molecule has 5 rings (SSSR count). The van der Waals surface area contributed by atoms with Crippen LogP contribution < -0.4 is 4.74 Å². The molecule has 0 amide bonds. The summed E-state index contributed by atoms with van der Waals surface area (Å²) in [5, 5.41) is 4.39. The second kappa shape index (κ2) is 9.15. The van der Waals surface area contributed by atoms with Crippen LogP contribution in [0.3, 0.4) is 0 Å². The van der Waals surface area contributed by atoms with Gasteiger partial charge in [0.05, 0.1) is 12.1 Å². The van der Waals surface area contributed by atoms with E-state index in [0.29, 0.717) is 6.61 Å². The van der Waals surface area contributed by atoms with E-state index in [4.69, 9.17) is 9.72 Å². The highest BCUT2D eigenvalue weighted by molar-refractivity contribution is 5.69. The highest BCUT2D eigenvalue weighted by atomic mass is 16.5. The zero-order valence-corrected chi connectivity index (χ0v) is 21.2. The lowest BCUT2D eigenvalue weighted by Gasteiger charge is -2.42. The molecule has 2 aromatic heterocycles. The number of imidazole rings is 1. The zero-order valence-electron chi connectivity index (χ0n) is 21.2. The van der Waals surface area contributed by atoms with Gasteiger partial charge in [0.2, 0.25) is 0 Å². The molecule has 0 aliphatic carbocycles. The van der Waals surface area contributed by atoms with Crippen molar-refractivity contribution in [2.75, 3.05) is 39.3 Å². The van der Waals surface area contributed by atoms with E-state index in [9.17, 15) is 0 Å². The Kier molecular flexibility index (Phi) is 6.20. The number of nitrogens with zero attached hydrogens (tertiary/aromatic N) is 7. The first kappa shape index (κ1) is 23.1. The van der Waals surface area contributed by atoms with E-state index in [1.165, 1.54) is 5.56 Å². The average Bonchev–Trinajstić information content (AvgIpc) is 3.42. The number of piperazine rings is 1. The molecule has 2 aliphatic rings. The van der Waals surface area contributed by atoms with Crippen molar-refractivity contribution in [3.05, 3.63) is 36.3 Å². The summed E-state index contributed by atoms with van der Waals surface area (Å²) in [6.45, 7) is 18.2. The third kappa shape index (κ3) is 4.61. The van der Waals surface area contributed by atoms with Crippen LogP contribution in [-0.2, 0) is 13.0 Å². The first-order chi connectivity index (χ1) is 16.3. The summed E-state index contributed by atoms with van der Waals surface area (Å²) < 4.78 is 10.2. The smallest absolute Gasteiger partial charge is 0.178 e. The van der Waals surface area contributed by atoms with Gasteiger partial charge in [0.25, 0.3) is 0 Å². The molecule has 0 radical (unpaired) electrons. The van der Waals surface area contributed by atoms with Gasteiger partial charge in [-0.2, -0.15) is 5.10 Å². The first-order valence-electron chi connectivity index (χ1n) is 12.5. The quantitative estimate of drug-likeness (QED) is 0.574. The topological polar surface area (TPSA) is 64.2 Å². The zero-order chi connectivity index (χ0) is 23.9. The molecule has 1 aromatic carbocycles. The Morgan fingerprint density at radius 3 is 2.56 bits per heavy atom. The summed E-state index contributed by atoms with van der Waals surface area (Å²) >= 11 is 0. The molecule has 1 fully saturated rings. The largest absolute Gasteiger partial charge is 0.491 e. The molecule has 8 heteroatoms. The predicted molar refractivity (Wildman–Crippen MR) is 134 cm³/mol. The summed E-state index contributed by atoms with van der Waals surface area (Å²) in [4.78, 5) is 14.7. The van der Waals surface area contributed by atoms with Gasteiger partial charge in [-0.1, -0.05) is 6.07 Å². The van der Waals surface area contributed by atoms with Gasteiger partial charge < -0.3 is 14.2 Å². The van der Waals surface area contributed by atoms with Gasteiger partial charge in [0, 0.05) is 50.5 Å². The van der Waals surface area contributed by atoms with Crippen molar-refractivity contribution in [2.24, 2.45) is 0 Å². The molecule has 2 aliphatic heterocycles. The fourth-order valence-electron chi connectivity index (χ4n) is 4.94. The Morgan fingerprint density at radius 1 is 1.03 bits per heavy atom. The van der Waals surface area contributed by atoms with Gasteiger partial charge in [-0.3, -0.25) is 4.90 Å². The van der Waals surface area contributed by atoms with E-state index in [1.807, 2.05) is 4.68 Å². The molecular formula is C26H37N7O. The van der Waals surface area contributed by atoms with Gasteiger partial charge in [-0.15, -0.1) is 0 Å².